The van der Waals surface area contributed by atoms with E-state index in [1.807, 2.05) is 12.1 Å². The van der Waals surface area contributed by atoms with Crippen molar-refractivity contribution >= 4 is 35.5 Å². The molecule has 0 radical (unpaired) electrons. The van der Waals surface area contributed by atoms with Crippen LogP contribution in [0.1, 0.15) is 25.7 Å². The first-order valence-corrected chi connectivity index (χ1v) is 11.1. The lowest BCUT2D eigenvalue weighted by Gasteiger charge is -2.18. The third kappa shape index (κ3) is 9.62. The van der Waals surface area contributed by atoms with E-state index < -0.39 is 11.9 Å². The van der Waals surface area contributed by atoms with Crippen LogP contribution in [0.4, 0.5) is 0 Å². The minimum Gasteiger partial charge on any atom is -0.508 e. The SMILES string of the molecule is O=C(O)CCCC(=O)OC(CCSc1ccc(O)cc1)CSc1ccc(O)cc1. The molecule has 2 aromatic rings. The smallest absolute Gasteiger partial charge is 0.306 e. The Balaban J connectivity index is 1.86. The van der Waals surface area contributed by atoms with Gasteiger partial charge in [-0.05, 0) is 61.4 Å². The Morgan fingerprint density at radius 2 is 1.41 bits per heavy atom. The third-order valence-corrected chi connectivity index (χ3v) is 6.08. The molecule has 0 aliphatic rings. The number of esters is 1. The summed E-state index contributed by atoms with van der Waals surface area (Å²) >= 11 is 3.14. The maximum Gasteiger partial charge on any atom is 0.306 e. The molecule has 0 spiro atoms. The molecular formula is C21H24O6S2. The minimum atomic E-state index is -0.928. The first-order valence-electron chi connectivity index (χ1n) is 9.17. The Morgan fingerprint density at radius 1 is 0.862 bits per heavy atom. The zero-order valence-corrected chi connectivity index (χ0v) is 17.5. The van der Waals surface area contributed by atoms with Crippen LogP contribution in [-0.2, 0) is 14.3 Å². The average Bonchev–Trinajstić information content (AvgIpc) is 2.68. The van der Waals surface area contributed by atoms with Crippen molar-refractivity contribution in [2.45, 2.75) is 41.6 Å². The van der Waals surface area contributed by atoms with Crippen LogP contribution in [0.5, 0.6) is 11.5 Å². The molecule has 0 aliphatic carbocycles. The van der Waals surface area contributed by atoms with E-state index in [0.29, 0.717) is 12.2 Å². The maximum atomic E-state index is 12.1. The van der Waals surface area contributed by atoms with E-state index in [1.54, 1.807) is 48.2 Å². The van der Waals surface area contributed by atoms with Gasteiger partial charge in [-0.1, -0.05) is 0 Å². The number of aromatic hydroxyl groups is 2. The van der Waals surface area contributed by atoms with E-state index in [1.165, 1.54) is 11.8 Å². The summed E-state index contributed by atoms with van der Waals surface area (Å²) in [6, 6.07) is 13.7. The van der Waals surface area contributed by atoms with Crippen molar-refractivity contribution in [2.75, 3.05) is 11.5 Å². The molecule has 2 aromatic carbocycles. The van der Waals surface area contributed by atoms with Crippen LogP contribution >= 0.6 is 23.5 Å². The molecule has 0 amide bonds. The second kappa shape index (κ2) is 12.3. The number of aliphatic carboxylic acids is 1. The number of hydrogen-bond acceptors (Lipinski definition) is 7. The summed E-state index contributed by atoms with van der Waals surface area (Å²) in [6.07, 6.45) is 0.613. The Hall–Kier alpha value is -2.32. The molecule has 1 unspecified atom stereocenters. The number of phenolic OH excluding ortho intramolecular Hbond substituents is 2. The lowest BCUT2D eigenvalue weighted by Crippen LogP contribution is -2.21. The fraction of sp³-hybridized carbons (Fsp3) is 0.333. The van der Waals surface area contributed by atoms with Crippen molar-refractivity contribution in [3.63, 3.8) is 0 Å². The molecule has 0 aromatic heterocycles. The van der Waals surface area contributed by atoms with Crippen molar-refractivity contribution < 1.29 is 29.6 Å². The molecule has 0 saturated carbocycles. The molecule has 2 rings (SSSR count). The average molecular weight is 437 g/mol. The van der Waals surface area contributed by atoms with Gasteiger partial charge in [0.2, 0.25) is 0 Å². The zero-order valence-electron chi connectivity index (χ0n) is 15.8. The van der Waals surface area contributed by atoms with Gasteiger partial charge in [0, 0.05) is 34.1 Å². The van der Waals surface area contributed by atoms with Gasteiger partial charge in [-0.25, -0.2) is 0 Å². The van der Waals surface area contributed by atoms with Crippen LogP contribution in [0.15, 0.2) is 58.3 Å². The van der Waals surface area contributed by atoms with Crippen LogP contribution in [0.3, 0.4) is 0 Å². The number of carboxylic acid groups (broad SMARTS) is 1. The molecule has 1 atom stereocenters. The van der Waals surface area contributed by atoms with E-state index in [-0.39, 0.29) is 36.9 Å². The highest BCUT2D eigenvalue weighted by atomic mass is 32.2. The Bertz CT molecular complexity index is 777. The molecule has 0 bridgehead atoms. The van der Waals surface area contributed by atoms with Gasteiger partial charge in [0.25, 0.3) is 0 Å². The number of benzene rings is 2. The first kappa shape index (κ1) is 23.0. The Morgan fingerprint density at radius 3 is 1.97 bits per heavy atom. The highest BCUT2D eigenvalue weighted by molar-refractivity contribution is 7.99. The molecule has 0 fully saturated rings. The van der Waals surface area contributed by atoms with Crippen molar-refractivity contribution in [3.05, 3.63) is 48.5 Å². The van der Waals surface area contributed by atoms with Gasteiger partial charge >= 0.3 is 11.9 Å². The second-order valence-corrected chi connectivity index (χ2v) is 8.56. The van der Waals surface area contributed by atoms with Crippen molar-refractivity contribution in [2.24, 2.45) is 0 Å². The van der Waals surface area contributed by atoms with E-state index in [4.69, 9.17) is 9.84 Å². The van der Waals surface area contributed by atoms with E-state index in [0.717, 1.165) is 15.5 Å². The number of thioether (sulfide) groups is 2. The second-order valence-electron chi connectivity index (χ2n) is 6.30. The highest BCUT2D eigenvalue weighted by Gasteiger charge is 2.16. The van der Waals surface area contributed by atoms with Crippen LogP contribution < -0.4 is 0 Å². The number of phenols is 2. The molecular weight excluding hydrogens is 412 g/mol. The van der Waals surface area contributed by atoms with Crippen LogP contribution in [-0.4, -0.2) is 44.9 Å². The predicted molar refractivity (Wildman–Crippen MR) is 114 cm³/mol. The largest absolute Gasteiger partial charge is 0.508 e. The molecule has 6 nitrogen and oxygen atoms in total. The zero-order chi connectivity index (χ0) is 21.1. The summed E-state index contributed by atoms with van der Waals surface area (Å²) in [5.41, 5.74) is 0. The van der Waals surface area contributed by atoms with Crippen molar-refractivity contribution in [1.29, 1.82) is 0 Å². The summed E-state index contributed by atoms with van der Waals surface area (Å²) in [4.78, 5) is 24.6. The van der Waals surface area contributed by atoms with E-state index in [2.05, 4.69) is 0 Å². The standard InChI is InChI=1S/C21H24O6S2/c22-15-4-8-18(9-5-15)28-13-12-17(27-21(26)3-1-2-20(24)25)14-29-19-10-6-16(23)7-11-19/h4-11,17,22-23H,1-3,12-14H2,(H,24,25). The molecule has 29 heavy (non-hydrogen) atoms. The van der Waals surface area contributed by atoms with Crippen LogP contribution in [0.2, 0.25) is 0 Å². The third-order valence-electron chi connectivity index (χ3n) is 3.89. The number of hydrogen-bond donors (Lipinski definition) is 3. The monoisotopic (exact) mass is 436 g/mol. The molecule has 156 valence electrons. The maximum absolute atomic E-state index is 12.1. The molecule has 0 heterocycles. The highest BCUT2D eigenvalue weighted by Crippen LogP contribution is 2.26. The summed E-state index contributed by atoms with van der Waals surface area (Å²) in [7, 11) is 0. The first-order chi connectivity index (χ1) is 13.9. The summed E-state index contributed by atoms with van der Waals surface area (Å²) in [5.74, 6) is 0.383. The van der Waals surface area contributed by atoms with Crippen LogP contribution in [0.25, 0.3) is 0 Å². The van der Waals surface area contributed by atoms with E-state index >= 15 is 0 Å². The van der Waals surface area contributed by atoms with Gasteiger partial charge in [-0.15, -0.1) is 23.5 Å². The van der Waals surface area contributed by atoms with Gasteiger partial charge in [-0.2, -0.15) is 0 Å². The summed E-state index contributed by atoms with van der Waals surface area (Å²) in [6.45, 7) is 0. The van der Waals surface area contributed by atoms with Gasteiger partial charge in [0.1, 0.15) is 17.6 Å². The number of ether oxygens (including phenoxy) is 1. The van der Waals surface area contributed by atoms with Gasteiger partial charge in [0.15, 0.2) is 0 Å². The number of carbonyl (C=O) groups excluding carboxylic acids is 1. The number of rotatable bonds is 12. The summed E-state index contributed by atoms with van der Waals surface area (Å²) < 4.78 is 5.58. The van der Waals surface area contributed by atoms with Crippen molar-refractivity contribution in [3.8, 4) is 11.5 Å². The predicted octanol–water partition coefficient (Wildman–Crippen LogP) is 4.54. The molecule has 0 aliphatic heterocycles. The molecule has 0 saturated heterocycles. The van der Waals surface area contributed by atoms with Crippen LogP contribution in [0, 0.1) is 0 Å². The normalized spacial score (nSPS) is 11.7. The fourth-order valence-electron chi connectivity index (χ4n) is 2.39. The lowest BCUT2D eigenvalue weighted by atomic mass is 10.2. The fourth-order valence-corrected chi connectivity index (χ4v) is 4.27. The molecule has 8 heteroatoms. The lowest BCUT2D eigenvalue weighted by molar-refractivity contribution is -0.148. The summed E-state index contributed by atoms with van der Waals surface area (Å²) in [5, 5.41) is 27.4. The Kier molecular flexibility index (Phi) is 9.73. The topological polar surface area (TPSA) is 104 Å². The van der Waals surface area contributed by atoms with Gasteiger partial charge in [-0.3, -0.25) is 9.59 Å². The van der Waals surface area contributed by atoms with Gasteiger partial charge in [0.05, 0.1) is 0 Å². The van der Waals surface area contributed by atoms with Crippen molar-refractivity contribution in [1.82, 2.24) is 0 Å². The van der Waals surface area contributed by atoms with Gasteiger partial charge < -0.3 is 20.1 Å². The minimum absolute atomic E-state index is 0.0568. The number of carboxylic acids is 1. The van der Waals surface area contributed by atoms with E-state index in [9.17, 15) is 19.8 Å². The Labute approximate surface area is 178 Å². The molecule has 3 N–H and O–H groups in total. The number of carbonyl (C=O) groups is 2. The quantitative estimate of drug-likeness (QED) is 0.329.